The van der Waals surface area contributed by atoms with Crippen LogP contribution < -0.4 is 4.90 Å². The Morgan fingerprint density at radius 3 is 2.95 bits per heavy atom. The lowest BCUT2D eigenvalue weighted by Crippen LogP contribution is -2.24. The summed E-state index contributed by atoms with van der Waals surface area (Å²) in [5.74, 6) is 0.161. The zero-order valence-electron chi connectivity index (χ0n) is 11.8. The molecule has 0 radical (unpaired) electrons. The van der Waals surface area contributed by atoms with Gasteiger partial charge in [-0.3, -0.25) is 15.1 Å². The van der Waals surface area contributed by atoms with Crippen LogP contribution in [0.2, 0.25) is 0 Å². The van der Waals surface area contributed by atoms with Gasteiger partial charge in [0.25, 0.3) is 0 Å². The first-order chi connectivity index (χ1) is 10.1. The minimum Gasteiger partial charge on any atom is -0.393 e. The second-order valence-corrected chi connectivity index (χ2v) is 5.50. The molecule has 1 aromatic carbocycles. The highest BCUT2D eigenvalue weighted by Crippen LogP contribution is 2.37. The van der Waals surface area contributed by atoms with Crippen molar-refractivity contribution in [1.29, 1.82) is 0 Å². The average Bonchev–Trinajstić information content (AvgIpc) is 2.95. The van der Waals surface area contributed by atoms with Crippen molar-refractivity contribution in [2.45, 2.75) is 19.4 Å². The van der Waals surface area contributed by atoms with Crippen LogP contribution in [0.15, 0.2) is 30.5 Å². The van der Waals surface area contributed by atoms with E-state index in [0.717, 1.165) is 13.0 Å². The van der Waals surface area contributed by atoms with Crippen LogP contribution in [0.5, 0.6) is 0 Å². The van der Waals surface area contributed by atoms with Gasteiger partial charge in [0.15, 0.2) is 0 Å². The minimum atomic E-state index is -0.392. The molecule has 0 spiro atoms. The van der Waals surface area contributed by atoms with Gasteiger partial charge in [0.1, 0.15) is 5.69 Å². The Hall–Kier alpha value is -2.21. The summed E-state index contributed by atoms with van der Waals surface area (Å²) < 4.78 is 0. The number of aromatic nitrogens is 1. The van der Waals surface area contributed by atoms with E-state index in [0.29, 0.717) is 23.1 Å². The van der Waals surface area contributed by atoms with Gasteiger partial charge in [0.05, 0.1) is 21.9 Å². The fraction of sp³-hybridized carbons (Fsp3) is 0.400. The molecule has 110 valence electrons. The molecule has 6 nitrogen and oxygen atoms in total. The van der Waals surface area contributed by atoms with Gasteiger partial charge in [0, 0.05) is 25.2 Å². The molecule has 2 heterocycles. The number of anilines is 1. The molecular weight excluding hydrogens is 270 g/mol. The summed E-state index contributed by atoms with van der Waals surface area (Å²) in [4.78, 5) is 17.3. The van der Waals surface area contributed by atoms with Gasteiger partial charge in [-0.25, -0.2) is 0 Å². The molecule has 2 unspecified atom stereocenters. The van der Waals surface area contributed by atoms with Crippen molar-refractivity contribution < 1.29 is 10.0 Å². The maximum Gasteiger partial charge on any atom is 0.301 e. The third kappa shape index (κ3) is 2.42. The van der Waals surface area contributed by atoms with Crippen LogP contribution in [0.25, 0.3) is 10.9 Å². The lowest BCUT2D eigenvalue weighted by Gasteiger charge is -2.20. The minimum absolute atomic E-state index is 0.104. The SMILES string of the molecule is CC(O)C1CCN(c2ccc3ncccc3c2[N+](=O)[O-])C1. The van der Waals surface area contributed by atoms with Crippen LogP contribution in [0.1, 0.15) is 13.3 Å². The Balaban J connectivity index is 2.07. The molecule has 0 aliphatic carbocycles. The number of rotatable bonds is 3. The molecule has 1 aliphatic rings. The predicted molar refractivity (Wildman–Crippen MR) is 80.4 cm³/mol. The molecule has 0 saturated carbocycles. The molecule has 0 amide bonds. The molecule has 1 saturated heterocycles. The first-order valence-corrected chi connectivity index (χ1v) is 7.03. The van der Waals surface area contributed by atoms with E-state index >= 15 is 0 Å². The standard InChI is InChI=1S/C15H17N3O3/c1-10(19)11-6-8-17(9-11)14-5-4-13-12(3-2-7-16-13)15(14)18(20)21/h2-5,7,10-11,19H,6,8-9H2,1H3. The number of nitro benzene ring substituents is 1. The number of fused-ring (bicyclic) bond motifs is 1. The third-order valence-corrected chi connectivity index (χ3v) is 4.17. The summed E-state index contributed by atoms with van der Waals surface area (Å²) in [5.41, 5.74) is 1.34. The Bertz CT molecular complexity index is 687. The molecule has 2 atom stereocenters. The second kappa shape index (κ2) is 5.29. The lowest BCUT2D eigenvalue weighted by atomic mass is 10.0. The number of aliphatic hydroxyl groups excluding tert-OH is 1. The van der Waals surface area contributed by atoms with E-state index in [4.69, 9.17) is 0 Å². The molecule has 1 aliphatic heterocycles. The highest BCUT2D eigenvalue weighted by Gasteiger charge is 2.31. The summed E-state index contributed by atoms with van der Waals surface area (Å²) in [6, 6.07) is 7.01. The van der Waals surface area contributed by atoms with Crippen LogP contribution >= 0.6 is 0 Å². The first-order valence-electron chi connectivity index (χ1n) is 7.03. The molecule has 6 heteroatoms. The van der Waals surface area contributed by atoms with Crippen LogP contribution in [-0.2, 0) is 0 Å². The van der Waals surface area contributed by atoms with Gasteiger partial charge in [-0.05, 0) is 37.6 Å². The van der Waals surface area contributed by atoms with E-state index in [-0.39, 0.29) is 16.5 Å². The van der Waals surface area contributed by atoms with Crippen molar-refractivity contribution in [3.05, 3.63) is 40.6 Å². The highest BCUT2D eigenvalue weighted by molar-refractivity contribution is 5.94. The molecule has 1 aromatic heterocycles. The predicted octanol–water partition coefficient (Wildman–Crippen LogP) is 2.35. The van der Waals surface area contributed by atoms with E-state index in [1.807, 2.05) is 11.0 Å². The van der Waals surface area contributed by atoms with Crippen molar-refractivity contribution in [2.24, 2.45) is 5.92 Å². The van der Waals surface area contributed by atoms with Gasteiger partial charge in [-0.1, -0.05) is 0 Å². The van der Waals surface area contributed by atoms with E-state index in [9.17, 15) is 15.2 Å². The molecular formula is C15H17N3O3. The zero-order valence-corrected chi connectivity index (χ0v) is 11.8. The van der Waals surface area contributed by atoms with Crippen LogP contribution in [0.3, 0.4) is 0 Å². The van der Waals surface area contributed by atoms with E-state index in [2.05, 4.69) is 4.98 Å². The largest absolute Gasteiger partial charge is 0.393 e. The van der Waals surface area contributed by atoms with Gasteiger partial charge < -0.3 is 10.0 Å². The number of nitro groups is 1. The van der Waals surface area contributed by atoms with Crippen LogP contribution in [-0.4, -0.2) is 34.2 Å². The molecule has 1 N–H and O–H groups in total. The van der Waals surface area contributed by atoms with Crippen molar-refractivity contribution >= 4 is 22.3 Å². The molecule has 0 bridgehead atoms. The lowest BCUT2D eigenvalue weighted by molar-refractivity contribution is -0.382. The number of benzene rings is 1. The highest BCUT2D eigenvalue weighted by atomic mass is 16.6. The Kier molecular flexibility index (Phi) is 3.47. The van der Waals surface area contributed by atoms with Crippen LogP contribution in [0.4, 0.5) is 11.4 Å². The Morgan fingerprint density at radius 2 is 2.29 bits per heavy atom. The van der Waals surface area contributed by atoms with E-state index < -0.39 is 6.10 Å². The zero-order chi connectivity index (χ0) is 15.0. The molecule has 3 rings (SSSR count). The molecule has 2 aromatic rings. The smallest absolute Gasteiger partial charge is 0.301 e. The number of nitrogens with zero attached hydrogens (tertiary/aromatic N) is 3. The van der Waals surface area contributed by atoms with Crippen molar-refractivity contribution in [1.82, 2.24) is 4.98 Å². The molecule has 21 heavy (non-hydrogen) atoms. The monoisotopic (exact) mass is 287 g/mol. The van der Waals surface area contributed by atoms with E-state index in [1.54, 1.807) is 31.3 Å². The maximum absolute atomic E-state index is 11.5. The van der Waals surface area contributed by atoms with E-state index in [1.165, 1.54) is 0 Å². The van der Waals surface area contributed by atoms with Gasteiger partial charge in [-0.2, -0.15) is 0 Å². The Morgan fingerprint density at radius 1 is 1.48 bits per heavy atom. The topological polar surface area (TPSA) is 79.5 Å². The van der Waals surface area contributed by atoms with Crippen LogP contribution in [0, 0.1) is 16.0 Å². The van der Waals surface area contributed by atoms with Gasteiger partial charge in [-0.15, -0.1) is 0 Å². The van der Waals surface area contributed by atoms with Gasteiger partial charge in [0.2, 0.25) is 0 Å². The molecule has 1 fully saturated rings. The number of hydrogen-bond donors (Lipinski definition) is 1. The summed E-state index contributed by atoms with van der Waals surface area (Å²) in [6.45, 7) is 3.14. The summed E-state index contributed by atoms with van der Waals surface area (Å²) in [6.07, 6.45) is 2.08. The number of hydrogen-bond acceptors (Lipinski definition) is 5. The van der Waals surface area contributed by atoms with Crippen molar-refractivity contribution in [3.63, 3.8) is 0 Å². The summed E-state index contributed by atoms with van der Waals surface area (Å²) >= 11 is 0. The summed E-state index contributed by atoms with van der Waals surface area (Å²) in [7, 11) is 0. The average molecular weight is 287 g/mol. The van der Waals surface area contributed by atoms with Crippen molar-refractivity contribution in [2.75, 3.05) is 18.0 Å². The number of pyridine rings is 1. The first kappa shape index (κ1) is 13.8. The summed E-state index contributed by atoms with van der Waals surface area (Å²) in [5, 5.41) is 21.8. The fourth-order valence-electron chi connectivity index (χ4n) is 2.97. The maximum atomic E-state index is 11.5. The number of aliphatic hydroxyl groups is 1. The fourth-order valence-corrected chi connectivity index (χ4v) is 2.97. The Labute approximate surface area is 122 Å². The third-order valence-electron chi connectivity index (χ3n) is 4.17. The van der Waals surface area contributed by atoms with Gasteiger partial charge >= 0.3 is 5.69 Å². The second-order valence-electron chi connectivity index (χ2n) is 5.50. The quantitative estimate of drug-likeness (QED) is 0.692. The normalized spacial score (nSPS) is 19.9. The van der Waals surface area contributed by atoms with Crippen molar-refractivity contribution in [3.8, 4) is 0 Å².